The van der Waals surface area contributed by atoms with E-state index in [2.05, 4.69) is 139 Å². The van der Waals surface area contributed by atoms with Crippen molar-refractivity contribution in [2.45, 2.75) is 64.1 Å². The summed E-state index contributed by atoms with van der Waals surface area (Å²) in [5.41, 5.74) is 6.97. The minimum absolute atomic E-state index is 0.143. The van der Waals surface area contributed by atoms with Crippen molar-refractivity contribution in [3.05, 3.63) is 125 Å². The van der Waals surface area contributed by atoms with E-state index >= 15 is 0 Å². The van der Waals surface area contributed by atoms with Crippen molar-refractivity contribution in [1.29, 1.82) is 0 Å². The summed E-state index contributed by atoms with van der Waals surface area (Å²) in [7, 11) is -0.385. The van der Waals surface area contributed by atoms with Gasteiger partial charge >= 0.3 is 7.12 Å². The molecule has 1 heterocycles. The van der Waals surface area contributed by atoms with Crippen LogP contribution in [0.15, 0.2) is 97.1 Å². The second-order valence-corrected chi connectivity index (χ2v) is 12.9. The fourth-order valence-corrected chi connectivity index (χ4v) is 6.77. The molecule has 39 heavy (non-hydrogen) atoms. The van der Waals surface area contributed by atoms with Crippen molar-refractivity contribution in [3.8, 4) is 0 Å². The van der Waals surface area contributed by atoms with Crippen LogP contribution in [-0.2, 0) is 14.7 Å². The minimum Gasteiger partial charge on any atom is -0.399 e. The molecule has 5 aromatic rings. The standard InChI is InChI=1S/C36H35BO2/c1-34(2)31-22-27(37-38-35(3,4)36(5,6)39-37)18-20-29(31)32(26-16-15-23-11-7-8-13-25(23)21-26)30-19-17-24-12-9-10-14-28(24)33(30)34/h7-22,32H,1-6H3. The van der Waals surface area contributed by atoms with Crippen LogP contribution in [0, 0.1) is 0 Å². The van der Waals surface area contributed by atoms with Gasteiger partial charge in [0.05, 0.1) is 11.2 Å². The maximum Gasteiger partial charge on any atom is 0.494 e. The van der Waals surface area contributed by atoms with Crippen molar-refractivity contribution in [2.75, 3.05) is 0 Å². The first-order valence-electron chi connectivity index (χ1n) is 14.1. The van der Waals surface area contributed by atoms with Crippen molar-refractivity contribution in [3.63, 3.8) is 0 Å². The molecule has 1 aliphatic heterocycles. The monoisotopic (exact) mass is 510 g/mol. The van der Waals surface area contributed by atoms with E-state index in [0.29, 0.717) is 0 Å². The van der Waals surface area contributed by atoms with E-state index in [4.69, 9.17) is 9.31 Å². The predicted octanol–water partition coefficient (Wildman–Crippen LogP) is 8.11. The number of benzene rings is 5. The Bertz CT molecular complexity index is 1750. The average molecular weight is 510 g/mol. The zero-order chi connectivity index (χ0) is 27.2. The van der Waals surface area contributed by atoms with Gasteiger partial charge in [0.1, 0.15) is 0 Å². The summed E-state index contributed by atoms with van der Waals surface area (Å²) >= 11 is 0. The molecule has 3 heteroatoms. The van der Waals surface area contributed by atoms with Crippen LogP contribution in [0.25, 0.3) is 21.5 Å². The van der Waals surface area contributed by atoms with E-state index in [1.807, 2.05) is 0 Å². The number of hydrogen-bond acceptors (Lipinski definition) is 2. The topological polar surface area (TPSA) is 18.5 Å². The fraction of sp³-hybridized carbons (Fsp3) is 0.278. The minimum atomic E-state index is -0.385. The molecular formula is C36H35BO2. The molecule has 1 unspecified atom stereocenters. The van der Waals surface area contributed by atoms with Crippen molar-refractivity contribution in [2.24, 2.45) is 0 Å². The highest BCUT2D eigenvalue weighted by Gasteiger charge is 2.52. The van der Waals surface area contributed by atoms with E-state index in [1.165, 1.54) is 49.4 Å². The summed E-state index contributed by atoms with van der Waals surface area (Å²) < 4.78 is 13.0. The molecule has 1 saturated heterocycles. The summed E-state index contributed by atoms with van der Waals surface area (Å²) in [5, 5.41) is 5.16. The third-order valence-electron chi connectivity index (χ3n) is 9.59. The van der Waals surface area contributed by atoms with Crippen molar-refractivity contribution < 1.29 is 9.31 Å². The van der Waals surface area contributed by atoms with E-state index in [9.17, 15) is 0 Å². The lowest BCUT2D eigenvalue weighted by atomic mass is 9.61. The largest absolute Gasteiger partial charge is 0.494 e. The van der Waals surface area contributed by atoms with Gasteiger partial charge in [0.15, 0.2) is 0 Å². The Morgan fingerprint density at radius 2 is 1.21 bits per heavy atom. The molecule has 2 aliphatic rings. The molecule has 0 aromatic heterocycles. The van der Waals surface area contributed by atoms with Gasteiger partial charge in [-0.05, 0) is 82.5 Å². The molecule has 1 aliphatic carbocycles. The second kappa shape index (κ2) is 8.30. The third-order valence-corrected chi connectivity index (χ3v) is 9.59. The van der Waals surface area contributed by atoms with Crippen LogP contribution in [0.5, 0.6) is 0 Å². The lowest BCUT2D eigenvalue weighted by molar-refractivity contribution is 0.00578. The molecule has 1 atom stereocenters. The molecule has 5 aromatic carbocycles. The van der Waals surface area contributed by atoms with Crippen LogP contribution in [0.1, 0.15) is 75.3 Å². The normalized spacial score (nSPS) is 20.7. The first kappa shape index (κ1) is 24.6. The van der Waals surface area contributed by atoms with Gasteiger partial charge in [-0.1, -0.05) is 111 Å². The smallest absolute Gasteiger partial charge is 0.399 e. The molecule has 1 fully saturated rings. The van der Waals surface area contributed by atoms with Gasteiger partial charge in [0.2, 0.25) is 0 Å². The van der Waals surface area contributed by atoms with E-state index in [1.54, 1.807) is 0 Å². The van der Waals surface area contributed by atoms with E-state index in [0.717, 1.165) is 5.46 Å². The van der Waals surface area contributed by atoms with Crippen LogP contribution in [0.3, 0.4) is 0 Å². The Morgan fingerprint density at radius 1 is 0.590 bits per heavy atom. The summed E-state index contributed by atoms with van der Waals surface area (Å²) in [6.45, 7) is 13.2. The molecule has 0 N–H and O–H groups in total. The predicted molar refractivity (Wildman–Crippen MR) is 163 cm³/mol. The lowest BCUT2D eigenvalue weighted by Crippen LogP contribution is -2.41. The lowest BCUT2D eigenvalue weighted by Gasteiger charge is -2.41. The Balaban J connectivity index is 1.47. The third kappa shape index (κ3) is 3.63. The first-order valence-corrected chi connectivity index (χ1v) is 14.1. The molecule has 194 valence electrons. The van der Waals surface area contributed by atoms with Gasteiger partial charge < -0.3 is 9.31 Å². The quantitative estimate of drug-likeness (QED) is 0.223. The van der Waals surface area contributed by atoms with Gasteiger partial charge in [-0.3, -0.25) is 0 Å². The Labute approximate surface area is 232 Å². The molecule has 0 radical (unpaired) electrons. The second-order valence-electron chi connectivity index (χ2n) is 12.9. The number of hydrogen-bond donors (Lipinski definition) is 0. The molecule has 0 spiro atoms. The van der Waals surface area contributed by atoms with Crippen LogP contribution in [0.4, 0.5) is 0 Å². The highest BCUT2D eigenvalue weighted by Crippen LogP contribution is 2.51. The summed E-state index contributed by atoms with van der Waals surface area (Å²) in [4.78, 5) is 0. The van der Waals surface area contributed by atoms with Crippen molar-refractivity contribution in [1.82, 2.24) is 0 Å². The number of rotatable bonds is 2. The van der Waals surface area contributed by atoms with Gasteiger partial charge in [-0.2, -0.15) is 0 Å². The van der Waals surface area contributed by atoms with Crippen LogP contribution < -0.4 is 5.46 Å². The van der Waals surface area contributed by atoms with Gasteiger partial charge in [0.25, 0.3) is 0 Å². The first-order chi connectivity index (χ1) is 18.6. The van der Waals surface area contributed by atoms with Crippen LogP contribution in [-0.4, -0.2) is 18.3 Å². The van der Waals surface area contributed by atoms with E-state index in [-0.39, 0.29) is 29.7 Å². The zero-order valence-corrected chi connectivity index (χ0v) is 23.7. The number of fused-ring (bicyclic) bond motifs is 5. The highest BCUT2D eigenvalue weighted by atomic mass is 16.7. The Morgan fingerprint density at radius 3 is 1.95 bits per heavy atom. The average Bonchev–Trinajstić information content (AvgIpc) is 3.14. The van der Waals surface area contributed by atoms with Crippen molar-refractivity contribution >= 4 is 34.1 Å². The summed E-state index contributed by atoms with van der Waals surface area (Å²) in [6, 6.07) is 36.0. The molecular weight excluding hydrogens is 475 g/mol. The maximum absolute atomic E-state index is 6.49. The van der Waals surface area contributed by atoms with Crippen LogP contribution >= 0.6 is 0 Å². The molecule has 0 saturated carbocycles. The highest BCUT2D eigenvalue weighted by molar-refractivity contribution is 6.62. The summed E-state index contributed by atoms with van der Waals surface area (Å²) in [5.74, 6) is 0.143. The van der Waals surface area contributed by atoms with Gasteiger partial charge in [-0.15, -0.1) is 0 Å². The maximum atomic E-state index is 6.49. The fourth-order valence-electron chi connectivity index (χ4n) is 6.77. The Hall–Kier alpha value is -3.40. The summed E-state index contributed by atoms with van der Waals surface area (Å²) in [6.07, 6.45) is 0. The molecule has 0 bridgehead atoms. The molecule has 2 nitrogen and oxygen atoms in total. The van der Waals surface area contributed by atoms with Gasteiger partial charge in [0, 0.05) is 11.3 Å². The van der Waals surface area contributed by atoms with Gasteiger partial charge in [-0.25, -0.2) is 0 Å². The molecule has 7 rings (SSSR count). The zero-order valence-electron chi connectivity index (χ0n) is 23.7. The van der Waals surface area contributed by atoms with E-state index < -0.39 is 0 Å². The molecule has 0 amide bonds. The SMILES string of the molecule is CC1(C)c2cc(B3OC(C)(C)C(C)(C)O3)ccc2C(c2ccc3ccccc3c2)c2ccc3ccccc3c21. The Kier molecular flexibility index (Phi) is 5.24. The van der Waals surface area contributed by atoms with Crippen LogP contribution in [0.2, 0.25) is 0 Å².